The smallest absolute Gasteiger partial charge is 0.137 e. The standard InChI is InChI=1S/C14H18BrN3/c1-2-9-6-16-4-3-11(9)13-8-18-14-12(13)5-10(15)7-17-14/h5,7-9,11,16H,2-4,6H2,1H3,(H,17,18). The number of aromatic nitrogens is 2. The Balaban J connectivity index is 2.04. The van der Waals surface area contributed by atoms with E-state index in [0.29, 0.717) is 5.92 Å². The molecule has 2 aromatic rings. The van der Waals surface area contributed by atoms with E-state index in [-0.39, 0.29) is 0 Å². The van der Waals surface area contributed by atoms with E-state index in [2.05, 4.69) is 50.4 Å². The number of halogens is 1. The molecule has 1 saturated heterocycles. The molecule has 0 aromatic carbocycles. The minimum atomic E-state index is 0.654. The first kappa shape index (κ1) is 12.2. The van der Waals surface area contributed by atoms with Gasteiger partial charge in [-0.05, 0) is 58.9 Å². The summed E-state index contributed by atoms with van der Waals surface area (Å²) in [6, 6.07) is 2.18. The molecule has 0 bridgehead atoms. The Bertz CT molecular complexity index is 549. The molecule has 1 fully saturated rings. The first-order chi connectivity index (χ1) is 8.79. The van der Waals surface area contributed by atoms with Crippen molar-refractivity contribution in [3.05, 3.63) is 28.5 Å². The van der Waals surface area contributed by atoms with Gasteiger partial charge >= 0.3 is 0 Å². The van der Waals surface area contributed by atoms with E-state index < -0.39 is 0 Å². The van der Waals surface area contributed by atoms with Crippen LogP contribution in [0.3, 0.4) is 0 Å². The molecule has 2 N–H and O–H groups in total. The largest absolute Gasteiger partial charge is 0.346 e. The lowest BCUT2D eigenvalue weighted by Crippen LogP contribution is -2.34. The zero-order valence-electron chi connectivity index (χ0n) is 10.5. The number of piperidine rings is 1. The Morgan fingerprint density at radius 1 is 1.50 bits per heavy atom. The molecule has 2 aromatic heterocycles. The third kappa shape index (κ3) is 2.08. The monoisotopic (exact) mass is 307 g/mol. The van der Waals surface area contributed by atoms with Gasteiger partial charge in [0, 0.05) is 22.3 Å². The highest BCUT2D eigenvalue weighted by molar-refractivity contribution is 9.10. The van der Waals surface area contributed by atoms with Crippen molar-refractivity contribution in [3.63, 3.8) is 0 Å². The summed E-state index contributed by atoms with van der Waals surface area (Å²) >= 11 is 3.52. The van der Waals surface area contributed by atoms with E-state index in [9.17, 15) is 0 Å². The van der Waals surface area contributed by atoms with Crippen molar-refractivity contribution in [2.45, 2.75) is 25.7 Å². The van der Waals surface area contributed by atoms with Crippen LogP contribution in [0.2, 0.25) is 0 Å². The third-order valence-electron chi connectivity index (χ3n) is 4.06. The number of H-pyrrole nitrogens is 1. The van der Waals surface area contributed by atoms with Crippen LogP contribution >= 0.6 is 15.9 Å². The Hall–Kier alpha value is -0.870. The van der Waals surface area contributed by atoms with Crippen LogP contribution in [0.15, 0.2) is 22.9 Å². The second kappa shape index (κ2) is 5.02. The normalized spacial score (nSPS) is 24.6. The molecule has 96 valence electrons. The third-order valence-corrected chi connectivity index (χ3v) is 4.49. The van der Waals surface area contributed by atoms with Crippen molar-refractivity contribution in [2.75, 3.05) is 13.1 Å². The fourth-order valence-electron chi connectivity index (χ4n) is 3.07. The molecule has 18 heavy (non-hydrogen) atoms. The van der Waals surface area contributed by atoms with Gasteiger partial charge in [0.1, 0.15) is 5.65 Å². The number of aromatic amines is 1. The molecule has 0 radical (unpaired) electrons. The average Bonchev–Trinajstić information content (AvgIpc) is 2.81. The predicted octanol–water partition coefficient (Wildman–Crippen LogP) is 3.43. The van der Waals surface area contributed by atoms with Gasteiger partial charge in [-0.15, -0.1) is 0 Å². The van der Waals surface area contributed by atoms with Crippen LogP contribution in [0.1, 0.15) is 31.2 Å². The SMILES string of the molecule is CCC1CNCCC1c1c[nH]c2ncc(Br)cc12. The highest BCUT2D eigenvalue weighted by Crippen LogP contribution is 2.36. The predicted molar refractivity (Wildman–Crippen MR) is 77.8 cm³/mol. The second-order valence-electron chi connectivity index (χ2n) is 5.06. The molecule has 1 aliphatic heterocycles. The van der Waals surface area contributed by atoms with Gasteiger partial charge in [0.25, 0.3) is 0 Å². The van der Waals surface area contributed by atoms with Crippen molar-refractivity contribution in [1.29, 1.82) is 0 Å². The Labute approximate surface area is 116 Å². The van der Waals surface area contributed by atoms with Crippen molar-refractivity contribution >= 4 is 27.0 Å². The van der Waals surface area contributed by atoms with Gasteiger partial charge in [0.15, 0.2) is 0 Å². The zero-order chi connectivity index (χ0) is 12.5. The molecule has 0 amide bonds. The molecule has 0 spiro atoms. The lowest BCUT2D eigenvalue weighted by atomic mass is 9.80. The van der Waals surface area contributed by atoms with Gasteiger partial charge in [-0.25, -0.2) is 4.98 Å². The Morgan fingerprint density at radius 2 is 2.39 bits per heavy atom. The minimum absolute atomic E-state index is 0.654. The lowest BCUT2D eigenvalue weighted by Gasteiger charge is -2.31. The first-order valence-electron chi connectivity index (χ1n) is 6.63. The maximum atomic E-state index is 4.43. The first-order valence-corrected chi connectivity index (χ1v) is 7.42. The molecule has 3 nitrogen and oxygen atoms in total. The van der Waals surface area contributed by atoms with E-state index >= 15 is 0 Å². The van der Waals surface area contributed by atoms with E-state index in [1.165, 1.54) is 23.8 Å². The molecule has 0 saturated carbocycles. The summed E-state index contributed by atoms with van der Waals surface area (Å²) in [7, 11) is 0. The minimum Gasteiger partial charge on any atom is -0.346 e. The highest BCUT2D eigenvalue weighted by atomic mass is 79.9. The summed E-state index contributed by atoms with van der Waals surface area (Å²) in [5.74, 6) is 1.39. The van der Waals surface area contributed by atoms with Crippen molar-refractivity contribution in [3.8, 4) is 0 Å². The number of fused-ring (bicyclic) bond motifs is 1. The van der Waals surface area contributed by atoms with E-state index in [4.69, 9.17) is 0 Å². The van der Waals surface area contributed by atoms with Crippen LogP contribution < -0.4 is 5.32 Å². The van der Waals surface area contributed by atoms with Gasteiger partial charge in [0.2, 0.25) is 0 Å². The number of hydrogen-bond donors (Lipinski definition) is 2. The van der Waals surface area contributed by atoms with E-state index in [1.54, 1.807) is 0 Å². The number of nitrogens with zero attached hydrogens (tertiary/aromatic N) is 1. The van der Waals surface area contributed by atoms with Crippen LogP contribution in [0.25, 0.3) is 11.0 Å². The molecular weight excluding hydrogens is 290 g/mol. The molecule has 2 atom stereocenters. The summed E-state index contributed by atoms with van der Waals surface area (Å²) in [5.41, 5.74) is 2.44. The maximum Gasteiger partial charge on any atom is 0.137 e. The topological polar surface area (TPSA) is 40.7 Å². The average molecular weight is 308 g/mol. The lowest BCUT2D eigenvalue weighted by molar-refractivity contribution is 0.319. The summed E-state index contributed by atoms with van der Waals surface area (Å²) in [4.78, 5) is 7.73. The van der Waals surface area contributed by atoms with Gasteiger partial charge in [0.05, 0.1) is 0 Å². The molecule has 4 heteroatoms. The Kier molecular flexibility index (Phi) is 3.39. The summed E-state index contributed by atoms with van der Waals surface area (Å²) < 4.78 is 1.05. The van der Waals surface area contributed by atoms with Gasteiger partial charge in [-0.1, -0.05) is 13.3 Å². The molecule has 0 aliphatic carbocycles. The van der Waals surface area contributed by atoms with E-state index in [1.807, 2.05) is 6.20 Å². The van der Waals surface area contributed by atoms with E-state index in [0.717, 1.165) is 29.1 Å². The van der Waals surface area contributed by atoms with Gasteiger partial charge in [-0.3, -0.25) is 0 Å². The molecule has 3 heterocycles. The molecule has 2 unspecified atom stereocenters. The number of rotatable bonds is 2. The summed E-state index contributed by atoms with van der Waals surface area (Å²) in [6.07, 6.45) is 6.45. The van der Waals surface area contributed by atoms with Crippen LogP contribution in [-0.2, 0) is 0 Å². The van der Waals surface area contributed by atoms with Crippen LogP contribution in [0.4, 0.5) is 0 Å². The highest BCUT2D eigenvalue weighted by Gasteiger charge is 2.27. The second-order valence-corrected chi connectivity index (χ2v) is 5.98. The summed E-state index contributed by atoms with van der Waals surface area (Å²) in [5, 5.41) is 4.77. The maximum absolute atomic E-state index is 4.43. The van der Waals surface area contributed by atoms with Crippen molar-refractivity contribution in [2.24, 2.45) is 5.92 Å². The van der Waals surface area contributed by atoms with Crippen LogP contribution in [-0.4, -0.2) is 23.1 Å². The number of nitrogens with one attached hydrogen (secondary N) is 2. The zero-order valence-corrected chi connectivity index (χ0v) is 12.1. The quantitative estimate of drug-likeness (QED) is 0.892. The summed E-state index contributed by atoms with van der Waals surface area (Å²) in [6.45, 7) is 4.54. The van der Waals surface area contributed by atoms with Gasteiger partial charge in [-0.2, -0.15) is 0 Å². The fraction of sp³-hybridized carbons (Fsp3) is 0.500. The molecule has 1 aliphatic rings. The Morgan fingerprint density at radius 3 is 3.22 bits per heavy atom. The molecule has 3 rings (SSSR count). The van der Waals surface area contributed by atoms with Gasteiger partial charge < -0.3 is 10.3 Å². The fourth-order valence-corrected chi connectivity index (χ4v) is 3.40. The van der Waals surface area contributed by atoms with Crippen molar-refractivity contribution < 1.29 is 0 Å². The number of hydrogen-bond acceptors (Lipinski definition) is 2. The molecular formula is C14H18BrN3. The van der Waals surface area contributed by atoms with Crippen LogP contribution in [0.5, 0.6) is 0 Å². The number of pyridine rings is 1. The van der Waals surface area contributed by atoms with Crippen LogP contribution in [0, 0.1) is 5.92 Å². The van der Waals surface area contributed by atoms with Crippen molar-refractivity contribution in [1.82, 2.24) is 15.3 Å².